The van der Waals surface area contributed by atoms with Gasteiger partial charge >= 0.3 is 0 Å². The van der Waals surface area contributed by atoms with E-state index in [1.54, 1.807) is 16.3 Å². The van der Waals surface area contributed by atoms with Crippen LogP contribution in [0.15, 0.2) is 48.1 Å². The van der Waals surface area contributed by atoms with Crippen LogP contribution in [-0.4, -0.2) is 31.4 Å². The van der Waals surface area contributed by atoms with Crippen molar-refractivity contribution in [2.75, 3.05) is 5.32 Å². The number of thiazole rings is 2. The Morgan fingerprint density at radius 3 is 2.83 bits per heavy atom. The molecule has 1 aromatic carbocycles. The molecular formula is C20H15N5O2S2. The maximum Gasteiger partial charge on any atom is 0.276 e. The predicted molar refractivity (Wildman–Crippen MR) is 112 cm³/mol. The highest BCUT2D eigenvalue weighted by Gasteiger charge is 2.23. The van der Waals surface area contributed by atoms with Crippen molar-refractivity contribution >= 4 is 39.5 Å². The van der Waals surface area contributed by atoms with Gasteiger partial charge < -0.3 is 0 Å². The standard InChI is InChI=1S/C20H15N5O2S2/c26-16-8-4-7-14-17(16)29-20(23-14)24-18(27)15-11-28-19(22-15)12-9-21-25(10-12)13-5-2-1-3-6-13/h1-3,5-6,9-11H,4,7-8H2,(H,23,24,27). The van der Waals surface area contributed by atoms with E-state index in [4.69, 9.17) is 0 Å². The monoisotopic (exact) mass is 421 g/mol. The molecule has 0 spiro atoms. The van der Waals surface area contributed by atoms with Gasteiger partial charge in [0.2, 0.25) is 0 Å². The molecular weight excluding hydrogens is 406 g/mol. The fraction of sp³-hybridized carbons (Fsp3) is 0.150. The third-order valence-corrected chi connectivity index (χ3v) is 6.52. The summed E-state index contributed by atoms with van der Waals surface area (Å²) in [7, 11) is 0. The number of nitrogens with one attached hydrogen (secondary N) is 1. The third-order valence-electron chi connectivity index (χ3n) is 4.58. The summed E-state index contributed by atoms with van der Waals surface area (Å²) in [4.78, 5) is 34.0. The highest BCUT2D eigenvalue weighted by atomic mass is 32.1. The summed E-state index contributed by atoms with van der Waals surface area (Å²) in [5.74, 6) is -0.225. The molecule has 0 aliphatic heterocycles. The molecule has 29 heavy (non-hydrogen) atoms. The minimum absolute atomic E-state index is 0.107. The number of anilines is 1. The van der Waals surface area contributed by atoms with Gasteiger partial charge in [0.25, 0.3) is 5.91 Å². The average Bonchev–Trinajstić information content (AvgIpc) is 3.47. The number of ketones is 1. The van der Waals surface area contributed by atoms with E-state index in [1.807, 2.05) is 36.5 Å². The molecule has 0 bridgehead atoms. The second-order valence-electron chi connectivity index (χ2n) is 6.57. The zero-order valence-electron chi connectivity index (χ0n) is 15.2. The fourth-order valence-corrected chi connectivity index (χ4v) is 4.90. The van der Waals surface area contributed by atoms with Gasteiger partial charge in [-0.2, -0.15) is 5.10 Å². The van der Waals surface area contributed by atoms with Gasteiger partial charge in [-0.15, -0.1) is 11.3 Å². The number of carbonyl (C=O) groups is 2. The Balaban J connectivity index is 1.33. The molecule has 1 aliphatic carbocycles. The number of nitrogens with zero attached hydrogens (tertiary/aromatic N) is 4. The lowest BCUT2D eigenvalue weighted by molar-refractivity contribution is 0.0975. The summed E-state index contributed by atoms with van der Waals surface area (Å²) >= 11 is 2.62. The molecule has 1 N–H and O–H groups in total. The van der Waals surface area contributed by atoms with Crippen LogP contribution >= 0.6 is 22.7 Å². The van der Waals surface area contributed by atoms with E-state index in [-0.39, 0.29) is 11.7 Å². The first-order valence-electron chi connectivity index (χ1n) is 9.07. The van der Waals surface area contributed by atoms with Gasteiger partial charge in [-0.25, -0.2) is 14.6 Å². The summed E-state index contributed by atoms with van der Waals surface area (Å²) in [5.41, 5.74) is 2.90. The molecule has 4 aromatic rings. The first-order chi connectivity index (χ1) is 14.2. The number of aromatic nitrogens is 4. The lowest BCUT2D eigenvalue weighted by Crippen LogP contribution is -2.12. The maximum absolute atomic E-state index is 12.6. The van der Waals surface area contributed by atoms with Crippen LogP contribution in [0.25, 0.3) is 16.3 Å². The van der Waals surface area contributed by atoms with E-state index in [2.05, 4.69) is 20.4 Å². The van der Waals surface area contributed by atoms with Crippen LogP contribution in [0.1, 0.15) is 38.7 Å². The second kappa shape index (κ2) is 7.34. The number of amides is 1. The summed E-state index contributed by atoms with van der Waals surface area (Å²) in [5, 5.41) is 10.0. The van der Waals surface area contributed by atoms with Crippen LogP contribution in [0.4, 0.5) is 5.13 Å². The molecule has 1 aliphatic rings. The maximum atomic E-state index is 12.6. The Morgan fingerprint density at radius 2 is 2.00 bits per heavy atom. The van der Waals surface area contributed by atoms with Crippen molar-refractivity contribution in [2.24, 2.45) is 0 Å². The molecule has 7 nitrogen and oxygen atoms in total. The van der Waals surface area contributed by atoms with Crippen molar-refractivity contribution in [2.45, 2.75) is 19.3 Å². The number of hydrogen-bond acceptors (Lipinski definition) is 7. The third kappa shape index (κ3) is 3.50. The summed E-state index contributed by atoms with van der Waals surface area (Å²) in [6, 6.07) is 9.79. The van der Waals surface area contributed by atoms with Gasteiger partial charge in [0.1, 0.15) is 10.7 Å². The van der Waals surface area contributed by atoms with Crippen LogP contribution in [0.5, 0.6) is 0 Å². The largest absolute Gasteiger partial charge is 0.296 e. The van der Waals surface area contributed by atoms with E-state index in [1.165, 1.54) is 22.7 Å². The topological polar surface area (TPSA) is 89.8 Å². The minimum atomic E-state index is -0.332. The first-order valence-corrected chi connectivity index (χ1v) is 10.8. The van der Waals surface area contributed by atoms with Gasteiger partial charge in [0, 0.05) is 23.6 Å². The lowest BCUT2D eigenvalue weighted by atomic mass is 10.0. The van der Waals surface area contributed by atoms with Crippen molar-refractivity contribution in [3.8, 4) is 16.3 Å². The Bertz CT molecular complexity index is 1210. The molecule has 0 radical (unpaired) electrons. The lowest BCUT2D eigenvalue weighted by Gasteiger charge is -2.05. The SMILES string of the molecule is O=C(Nc1nc2c(s1)C(=O)CCC2)c1csc(-c2cnn(-c3ccccc3)c2)n1. The Labute approximate surface area is 174 Å². The zero-order valence-corrected chi connectivity index (χ0v) is 16.8. The zero-order chi connectivity index (χ0) is 19.8. The highest BCUT2D eigenvalue weighted by Crippen LogP contribution is 2.30. The predicted octanol–water partition coefficient (Wildman–Crippen LogP) is 4.22. The molecule has 0 unspecified atom stereocenters. The van der Waals surface area contributed by atoms with Crippen molar-refractivity contribution < 1.29 is 9.59 Å². The number of Topliss-reactive ketones (excluding diaryl/α,β-unsaturated/α-hetero) is 1. The van der Waals surface area contributed by atoms with E-state index in [0.29, 0.717) is 27.1 Å². The molecule has 5 rings (SSSR count). The molecule has 0 atom stereocenters. The van der Waals surface area contributed by atoms with E-state index >= 15 is 0 Å². The van der Waals surface area contributed by atoms with Crippen LogP contribution in [-0.2, 0) is 6.42 Å². The van der Waals surface area contributed by atoms with Crippen molar-refractivity contribution in [3.05, 3.63) is 64.4 Å². The molecule has 144 valence electrons. The van der Waals surface area contributed by atoms with Crippen LogP contribution < -0.4 is 5.32 Å². The Kier molecular flexibility index (Phi) is 4.53. The number of rotatable bonds is 4. The van der Waals surface area contributed by atoms with E-state index in [0.717, 1.165) is 29.8 Å². The summed E-state index contributed by atoms with van der Waals surface area (Å²) in [6.45, 7) is 0. The minimum Gasteiger partial charge on any atom is -0.296 e. The average molecular weight is 422 g/mol. The van der Waals surface area contributed by atoms with Crippen molar-refractivity contribution in [1.82, 2.24) is 19.7 Å². The highest BCUT2D eigenvalue weighted by molar-refractivity contribution is 7.17. The number of carbonyl (C=O) groups excluding carboxylic acids is 2. The quantitative estimate of drug-likeness (QED) is 0.533. The summed E-state index contributed by atoms with van der Waals surface area (Å²) < 4.78 is 1.77. The van der Waals surface area contributed by atoms with Crippen molar-refractivity contribution in [1.29, 1.82) is 0 Å². The first kappa shape index (κ1) is 17.9. The molecule has 0 saturated heterocycles. The Morgan fingerprint density at radius 1 is 1.14 bits per heavy atom. The van der Waals surface area contributed by atoms with Crippen LogP contribution in [0, 0.1) is 0 Å². The van der Waals surface area contributed by atoms with Crippen molar-refractivity contribution in [3.63, 3.8) is 0 Å². The molecule has 0 fully saturated rings. The number of benzene rings is 1. The number of hydrogen-bond donors (Lipinski definition) is 1. The Hall–Kier alpha value is -3.17. The molecule has 1 amide bonds. The van der Waals surface area contributed by atoms with Crippen LogP contribution in [0.2, 0.25) is 0 Å². The molecule has 9 heteroatoms. The van der Waals surface area contributed by atoms with Gasteiger partial charge in [0.05, 0.1) is 22.5 Å². The van der Waals surface area contributed by atoms with E-state index in [9.17, 15) is 9.59 Å². The number of fused-ring (bicyclic) bond motifs is 1. The molecule has 0 saturated carbocycles. The second-order valence-corrected chi connectivity index (χ2v) is 8.43. The molecule has 3 heterocycles. The van der Waals surface area contributed by atoms with Gasteiger partial charge in [0.15, 0.2) is 10.9 Å². The van der Waals surface area contributed by atoms with Gasteiger partial charge in [-0.3, -0.25) is 14.9 Å². The van der Waals surface area contributed by atoms with E-state index < -0.39 is 0 Å². The van der Waals surface area contributed by atoms with Gasteiger partial charge in [-0.05, 0) is 25.0 Å². The molecule has 3 aromatic heterocycles. The smallest absolute Gasteiger partial charge is 0.276 e. The normalized spacial score (nSPS) is 13.3. The fourth-order valence-electron chi connectivity index (χ4n) is 3.15. The van der Waals surface area contributed by atoms with Gasteiger partial charge in [-0.1, -0.05) is 29.5 Å². The van der Waals surface area contributed by atoms with Crippen LogP contribution in [0.3, 0.4) is 0 Å². The number of aryl methyl sites for hydroxylation is 1. The summed E-state index contributed by atoms with van der Waals surface area (Å²) in [6.07, 6.45) is 5.76. The number of para-hydroxylation sites is 1.